The number of rotatable bonds is 3. The molecule has 0 bridgehead atoms. The third-order valence-electron chi connectivity index (χ3n) is 4.31. The van der Waals surface area contributed by atoms with Crippen LogP contribution in [0.4, 0.5) is 0 Å². The lowest BCUT2D eigenvalue weighted by molar-refractivity contribution is 0.479. The molecule has 0 aromatic rings. The fraction of sp³-hybridized carbons (Fsp3) is 1.00. The van der Waals surface area contributed by atoms with Crippen LogP contribution in [0.5, 0.6) is 0 Å². The van der Waals surface area contributed by atoms with E-state index in [1.54, 1.807) is 0 Å². The van der Waals surface area contributed by atoms with E-state index in [2.05, 4.69) is 27.7 Å². The van der Waals surface area contributed by atoms with Gasteiger partial charge in [0.1, 0.15) is 0 Å². The fourth-order valence-corrected chi connectivity index (χ4v) is 3.20. The molecule has 2 fully saturated rings. The second-order valence-electron chi connectivity index (χ2n) is 5.69. The lowest BCUT2D eigenvalue weighted by atomic mass is 10.0. The lowest BCUT2D eigenvalue weighted by Crippen LogP contribution is -1.94. The van der Waals surface area contributed by atoms with Crippen LogP contribution in [0.3, 0.4) is 0 Å². The van der Waals surface area contributed by atoms with Crippen molar-refractivity contribution in [3.8, 4) is 0 Å². The van der Waals surface area contributed by atoms with Gasteiger partial charge in [-0.3, -0.25) is 0 Å². The van der Waals surface area contributed by atoms with Crippen LogP contribution in [0, 0.1) is 29.1 Å². The largest absolute Gasteiger partial charge is 0.0654 e. The van der Waals surface area contributed by atoms with E-state index in [4.69, 9.17) is 0 Å². The van der Waals surface area contributed by atoms with Crippen LogP contribution in [0.2, 0.25) is 0 Å². The first-order chi connectivity index (χ1) is 5.58. The molecule has 0 aromatic carbocycles. The van der Waals surface area contributed by atoms with Crippen molar-refractivity contribution in [3.63, 3.8) is 0 Å². The van der Waals surface area contributed by atoms with Crippen molar-refractivity contribution in [2.75, 3.05) is 0 Å². The second kappa shape index (κ2) is 2.49. The Morgan fingerprint density at radius 1 is 1.33 bits per heavy atom. The van der Waals surface area contributed by atoms with Gasteiger partial charge in [-0.15, -0.1) is 0 Å². The second-order valence-corrected chi connectivity index (χ2v) is 5.69. The van der Waals surface area contributed by atoms with E-state index in [0.717, 1.165) is 23.7 Å². The van der Waals surface area contributed by atoms with Gasteiger partial charge < -0.3 is 0 Å². The zero-order valence-corrected chi connectivity index (χ0v) is 8.93. The monoisotopic (exact) mass is 166 g/mol. The summed E-state index contributed by atoms with van der Waals surface area (Å²) in [5.74, 6) is 4.35. The highest BCUT2D eigenvalue weighted by Crippen LogP contribution is 2.68. The quantitative estimate of drug-likeness (QED) is 0.599. The summed E-state index contributed by atoms with van der Waals surface area (Å²) in [5.41, 5.74) is 0.710. The highest BCUT2D eigenvalue weighted by Gasteiger charge is 2.61. The molecule has 0 amide bonds. The molecule has 0 spiro atoms. The Hall–Kier alpha value is 0. The SMILES string of the molecule is CCCC1C(C)C1C1CC1(C)C. The van der Waals surface area contributed by atoms with Gasteiger partial charge in [0.15, 0.2) is 0 Å². The molecule has 0 N–H and O–H groups in total. The molecule has 2 rings (SSSR count). The lowest BCUT2D eigenvalue weighted by Gasteiger charge is -2.01. The first-order valence-corrected chi connectivity index (χ1v) is 5.58. The number of hydrogen-bond donors (Lipinski definition) is 0. The minimum absolute atomic E-state index is 0.710. The van der Waals surface area contributed by atoms with Crippen molar-refractivity contribution in [2.45, 2.75) is 47.0 Å². The molecule has 4 unspecified atom stereocenters. The van der Waals surface area contributed by atoms with Gasteiger partial charge in [0, 0.05) is 0 Å². The van der Waals surface area contributed by atoms with Gasteiger partial charge in [-0.05, 0) is 35.5 Å². The summed E-state index contributed by atoms with van der Waals surface area (Å²) in [5, 5.41) is 0. The molecular weight excluding hydrogens is 144 g/mol. The normalized spacial score (nSPS) is 49.0. The van der Waals surface area contributed by atoms with E-state index in [-0.39, 0.29) is 0 Å². The van der Waals surface area contributed by atoms with Gasteiger partial charge in [-0.25, -0.2) is 0 Å². The summed E-state index contributed by atoms with van der Waals surface area (Å²) >= 11 is 0. The van der Waals surface area contributed by atoms with Crippen molar-refractivity contribution in [1.82, 2.24) is 0 Å². The predicted octanol–water partition coefficient (Wildman–Crippen LogP) is 3.71. The average molecular weight is 166 g/mol. The molecule has 0 heteroatoms. The maximum Gasteiger partial charge on any atom is -0.0320 e. The maximum absolute atomic E-state index is 2.46. The van der Waals surface area contributed by atoms with Crippen molar-refractivity contribution in [3.05, 3.63) is 0 Å². The topological polar surface area (TPSA) is 0 Å². The van der Waals surface area contributed by atoms with Gasteiger partial charge >= 0.3 is 0 Å². The highest BCUT2D eigenvalue weighted by molar-refractivity contribution is 5.09. The van der Waals surface area contributed by atoms with Gasteiger partial charge in [-0.1, -0.05) is 40.5 Å². The van der Waals surface area contributed by atoms with Crippen LogP contribution in [0.1, 0.15) is 47.0 Å². The van der Waals surface area contributed by atoms with E-state index in [9.17, 15) is 0 Å². The van der Waals surface area contributed by atoms with Crippen LogP contribution in [0.15, 0.2) is 0 Å². The van der Waals surface area contributed by atoms with Gasteiger partial charge in [0.2, 0.25) is 0 Å². The summed E-state index contributed by atoms with van der Waals surface area (Å²) in [6.45, 7) is 9.65. The summed E-state index contributed by atoms with van der Waals surface area (Å²) in [6, 6.07) is 0. The first-order valence-electron chi connectivity index (χ1n) is 5.58. The van der Waals surface area contributed by atoms with E-state index < -0.39 is 0 Å². The molecule has 70 valence electrons. The van der Waals surface area contributed by atoms with Gasteiger partial charge in [-0.2, -0.15) is 0 Å². The fourth-order valence-electron chi connectivity index (χ4n) is 3.20. The Morgan fingerprint density at radius 2 is 1.92 bits per heavy atom. The van der Waals surface area contributed by atoms with Crippen molar-refractivity contribution < 1.29 is 0 Å². The summed E-state index contributed by atoms with van der Waals surface area (Å²) < 4.78 is 0. The summed E-state index contributed by atoms with van der Waals surface area (Å²) in [4.78, 5) is 0. The highest BCUT2D eigenvalue weighted by atomic mass is 14.7. The van der Waals surface area contributed by atoms with E-state index in [1.807, 2.05) is 0 Å². The van der Waals surface area contributed by atoms with Crippen LogP contribution in [0.25, 0.3) is 0 Å². The molecule has 0 nitrogen and oxygen atoms in total. The first kappa shape index (κ1) is 8.59. The standard InChI is InChI=1S/C12H22/c1-5-6-9-8(2)11(9)10-7-12(10,3)4/h8-11H,5-7H2,1-4H3. The third-order valence-corrected chi connectivity index (χ3v) is 4.31. The Labute approximate surface area is 76.7 Å². The molecule has 2 aliphatic carbocycles. The van der Waals surface area contributed by atoms with Gasteiger partial charge in [0.05, 0.1) is 0 Å². The van der Waals surface area contributed by atoms with Crippen molar-refractivity contribution >= 4 is 0 Å². The molecule has 2 aliphatic rings. The van der Waals surface area contributed by atoms with Crippen LogP contribution < -0.4 is 0 Å². The van der Waals surface area contributed by atoms with Crippen LogP contribution >= 0.6 is 0 Å². The van der Waals surface area contributed by atoms with Crippen molar-refractivity contribution in [1.29, 1.82) is 0 Å². The summed E-state index contributed by atoms with van der Waals surface area (Å²) in [7, 11) is 0. The van der Waals surface area contributed by atoms with Crippen LogP contribution in [-0.2, 0) is 0 Å². The molecule has 12 heavy (non-hydrogen) atoms. The van der Waals surface area contributed by atoms with Gasteiger partial charge in [0.25, 0.3) is 0 Å². The van der Waals surface area contributed by atoms with E-state index >= 15 is 0 Å². The third kappa shape index (κ3) is 1.20. The van der Waals surface area contributed by atoms with E-state index in [0.29, 0.717) is 5.41 Å². The molecule has 2 saturated carbocycles. The Kier molecular flexibility index (Phi) is 1.79. The molecule has 0 saturated heterocycles. The zero-order valence-electron chi connectivity index (χ0n) is 8.93. The van der Waals surface area contributed by atoms with Crippen molar-refractivity contribution in [2.24, 2.45) is 29.1 Å². The molecular formula is C12H22. The molecule has 0 aromatic heterocycles. The molecule has 0 radical (unpaired) electrons. The molecule has 4 atom stereocenters. The summed E-state index contributed by atoms with van der Waals surface area (Å²) in [6.07, 6.45) is 4.37. The predicted molar refractivity (Wildman–Crippen MR) is 52.9 cm³/mol. The smallest absolute Gasteiger partial charge is 0.0320 e. The number of hydrogen-bond acceptors (Lipinski definition) is 0. The zero-order chi connectivity index (χ0) is 8.93. The Bertz CT molecular complexity index is 180. The Balaban J connectivity index is 1.85. The average Bonchev–Trinajstić information content (AvgIpc) is 2.76. The van der Waals surface area contributed by atoms with E-state index in [1.165, 1.54) is 19.3 Å². The minimum atomic E-state index is 0.710. The minimum Gasteiger partial charge on any atom is -0.0654 e. The maximum atomic E-state index is 2.46. The molecule has 0 aliphatic heterocycles. The van der Waals surface area contributed by atoms with Crippen LogP contribution in [-0.4, -0.2) is 0 Å². The molecule has 0 heterocycles. The Morgan fingerprint density at radius 3 is 2.33 bits per heavy atom.